The number of anilines is 1. The minimum atomic E-state index is -0.342. The maximum atomic E-state index is 13.4. The highest BCUT2D eigenvalue weighted by Gasteiger charge is 2.19. The minimum Gasteiger partial charge on any atom is -0.497 e. The molecule has 6 heteroatoms. The Bertz CT molecular complexity index is 1200. The van der Waals surface area contributed by atoms with Gasteiger partial charge in [0.2, 0.25) is 0 Å². The molecule has 1 amide bonds. The summed E-state index contributed by atoms with van der Waals surface area (Å²) in [6, 6.07) is 21.6. The first-order chi connectivity index (χ1) is 15.0. The standard InChI is InChI=1S/C25H22FN3O2/c1-17-14-20(26)10-13-23(17)27-25(30)22-16-29(15-18-6-4-3-5-7-18)28-24(22)19-8-11-21(31-2)12-9-19/h3-14,16H,15H2,1-2H3,(H,27,30). The van der Waals surface area contributed by atoms with E-state index in [4.69, 9.17) is 4.74 Å². The highest BCUT2D eigenvalue weighted by molar-refractivity contribution is 6.08. The molecule has 0 aliphatic heterocycles. The van der Waals surface area contributed by atoms with Crippen molar-refractivity contribution in [3.63, 3.8) is 0 Å². The third-order valence-corrected chi connectivity index (χ3v) is 4.99. The van der Waals surface area contributed by atoms with Gasteiger partial charge in [-0.3, -0.25) is 9.48 Å². The molecule has 4 aromatic rings. The van der Waals surface area contributed by atoms with E-state index in [9.17, 15) is 9.18 Å². The van der Waals surface area contributed by atoms with Gasteiger partial charge in [0.15, 0.2) is 0 Å². The fourth-order valence-electron chi connectivity index (χ4n) is 3.36. The summed E-state index contributed by atoms with van der Waals surface area (Å²) in [7, 11) is 1.60. The second kappa shape index (κ2) is 8.83. The molecule has 0 spiro atoms. The van der Waals surface area contributed by atoms with Crippen molar-refractivity contribution in [1.29, 1.82) is 0 Å². The number of halogens is 1. The number of benzene rings is 3. The maximum Gasteiger partial charge on any atom is 0.259 e. The predicted octanol–water partition coefficient (Wildman–Crippen LogP) is 5.31. The Morgan fingerprint density at radius 1 is 1.06 bits per heavy atom. The molecule has 3 aromatic carbocycles. The van der Waals surface area contributed by atoms with Crippen molar-refractivity contribution in [3.8, 4) is 17.0 Å². The number of carbonyl (C=O) groups is 1. The lowest BCUT2D eigenvalue weighted by molar-refractivity contribution is 0.102. The van der Waals surface area contributed by atoms with Crippen LogP contribution < -0.4 is 10.1 Å². The van der Waals surface area contributed by atoms with Crippen molar-refractivity contribution < 1.29 is 13.9 Å². The Labute approximate surface area is 180 Å². The van der Waals surface area contributed by atoms with Crippen LogP contribution in [0.2, 0.25) is 0 Å². The summed E-state index contributed by atoms with van der Waals surface area (Å²) < 4.78 is 20.4. The van der Waals surface area contributed by atoms with Gasteiger partial charge in [-0.2, -0.15) is 5.10 Å². The van der Waals surface area contributed by atoms with Gasteiger partial charge in [0.25, 0.3) is 5.91 Å². The first-order valence-electron chi connectivity index (χ1n) is 9.87. The normalized spacial score (nSPS) is 10.7. The second-order valence-electron chi connectivity index (χ2n) is 7.22. The molecule has 0 aliphatic carbocycles. The average Bonchev–Trinajstić information content (AvgIpc) is 3.20. The van der Waals surface area contributed by atoms with Crippen molar-refractivity contribution in [1.82, 2.24) is 9.78 Å². The zero-order valence-corrected chi connectivity index (χ0v) is 17.3. The van der Waals surface area contributed by atoms with Gasteiger partial charge < -0.3 is 10.1 Å². The lowest BCUT2D eigenvalue weighted by atomic mass is 10.1. The molecule has 4 rings (SSSR count). The third kappa shape index (κ3) is 4.64. The molecule has 0 atom stereocenters. The Kier molecular flexibility index (Phi) is 5.80. The molecule has 1 heterocycles. The molecule has 156 valence electrons. The first-order valence-corrected chi connectivity index (χ1v) is 9.87. The molecule has 0 radical (unpaired) electrons. The van der Waals surface area contributed by atoms with Crippen LogP contribution in [0.1, 0.15) is 21.5 Å². The number of nitrogens with zero attached hydrogens (tertiary/aromatic N) is 2. The number of methoxy groups -OCH3 is 1. The summed E-state index contributed by atoms with van der Waals surface area (Å²) in [5.41, 5.74) is 4.08. The Balaban J connectivity index is 1.70. The number of ether oxygens (including phenoxy) is 1. The highest BCUT2D eigenvalue weighted by Crippen LogP contribution is 2.26. The van der Waals surface area contributed by atoms with Crippen LogP contribution in [0.4, 0.5) is 10.1 Å². The zero-order chi connectivity index (χ0) is 21.8. The molecule has 1 aromatic heterocycles. The summed E-state index contributed by atoms with van der Waals surface area (Å²) in [6.07, 6.45) is 1.74. The summed E-state index contributed by atoms with van der Waals surface area (Å²) in [6.45, 7) is 2.29. The molecule has 5 nitrogen and oxygen atoms in total. The van der Waals surface area contributed by atoms with Crippen LogP contribution in [0.5, 0.6) is 5.75 Å². The van der Waals surface area contributed by atoms with Crippen LogP contribution in [0.25, 0.3) is 11.3 Å². The van der Waals surface area contributed by atoms with Crippen molar-refractivity contribution in [2.45, 2.75) is 13.5 Å². The number of rotatable bonds is 6. The Hall–Kier alpha value is -3.93. The summed E-state index contributed by atoms with van der Waals surface area (Å²) in [5.74, 6) is 0.0744. The van der Waals surface area contributed by atoms with Gasteiger partial charge in [0, 0.05) is 17.4 Å². The topological polar surface area (TPSA) is 56.2 Å². The number of amides is 1. The molecule has 0 fully saturated rings. The molecule has 0 saturated heterocycles. The molecule has 0 saturated carbocycles. The average molecular weight is 415 g/mol. The summed E-state index contributed by atoms with van der Waals surface area (Å²) >= 11 is 0. The lowest BCUT2D eigenvalue weighted by Gasteiger charge is -2.09. The van der Waals surface area contributed by atoms with Gasteiger partial charge in [0.05, 0.1) is 19.2 Å². The van der Waals surface area contributed by atoms with Crippen LogP contribution in [0.15, 0.2) is 79.0 Å². The number of aryl methyl sites for hydroxylation is 1. The molecule has 0 bridgehead atoms. The van der Waals surface area contributed by atoms with Gasteiger partial charge in [0.1, 0.15) is 17.3 Å². The predicted molar refractivity (Wildman–Crippen MR) is 119 cm³/mol. The number of hydrogen-bond donors (Lipinski definition) is 1. The second-order valence-corrected chi connectivity index (χ2v) is 7.22. The molecule has 0 unspecified atom stereocenters. The van der Waals surface area contributed by atoms with Gasteiger partial charge in [-0.1, -0.05) is 30.3 Å². The van der Waals surface area contributed by atoms with E-state index in [-0.39, 0.29) is 11.7 Å². The number of hydrogen-bond acceptors (Lipinski definition) is 3. The van der Waals surface area contributed by atoms with Gasteiger partial charge in [-0.05, 0) is 60.5 Å². The van der Waals surface area contributed by atoms with E-state index in [1.807, 2.05) is 54.6 Å². The van der Waals surface area contributed by atoms with Crippen molar-refractivity contribution in [2.24, 2.45) is 0 Å². The summed E-state index contributed by atoms with van der Waals surface area (Å²) in [5, 5.41) is 7.57. The van der Waals surface area contributed by atoms with Gasteiger partial charge in [-0.15, -0.1) is 0 Å². The molecule has 0 aliphatic rings. The Morgan fingerprint density at radius 2 is 1.81 bits per heavy atom. The van der Waals surface area contributed by atoms with E-state index in [2.05, 4.69) is 10.4 Å². The Morgan fingerprint density at radius 3 is 2.48 bits per heavy atom. The van der Waals surface area contributed by atoms with Gasteiger partial charge >= 0.3 is 0 Å². The number of nitrogens with one attached hydrogen (secondary N) is 1. The highest BCUT2D eigenvalue weighted by atomic mass is 19.1. The third-order valence-electron chi connectivity index (χ3n) is 4.99. The fourth-order valence-corrected chi connectivity index (χ4v) is 3.36. The van der Waals surface area contributed by atoms with Crippen LogP contribution in [0.3, 0.4) is 0 Å². The number of carbonyl (C=O) groups excluding carboxylic acids is 1. The zero-order valence-electron chi connectivity index (χ0n) is 17.3. The monoisotopic (exact) mass is 415 g/mol. The van der Waals surface area contributed by atoms with Crippen molar-refractivity contribution >= 4 is 11.6 Å². The van der Waals surface area contributed by atoms with Crippen LogP contribution in [-0.4, -0.2) is 22.8 Å². The summed E-state index contributed by atoms with van der Waals surface area (Å²) in [4.78, 5) is 13.2. The van der Waals surface area contributed by atoms with Crippen molar-refractivity contribution in [3.05, 3.63) is 102 Å². The minimum absolute atomic E-state index is 0.306. The van der Waals surface area contributed by atoms with Gasteiger partial charge in [-0.25, -0.2) is 4.39 Å². The van der Waals surface area contributed by atoms with E-state index >= 15 is 0 Å². The molecular formula is C25H22FN3O2. The quantitative estimate of drug-likeness (QED) is 0.465. The molecule has 1 N–H and O–H groups in total. The fraction of sp³-hybridized carbons (Fsp3) is 0.120. The smallest absolute Gasteiger partial charge is 0.259 e. The lowest BCUT2D eigenvalue weighted by Crippen LogP contribution is -2.13. The van der Waals surface area contributed by atoms with Crippen LogP contribution >= 0.6 is 0 Å². The maximum absolute atomic E-state index is 13.4. The van der Waals surface area contributed by atoms with E-state index in [1.165, 1.54) is 12.1 Å². The van der Waals surface area contributed by atoms with E-state index in [1.54, 1.807) is 31.0 Å². The number of aromatic nitrogens is 2. The largest absolute Gasteiger partial charge is 0.497 e. The molecular weight excluding hydrogens is 393 g/mol. The van der Waals surface area contributed by atoms with Crippen LogP contribution in [-0.2, 0) is 6.54 Å². The first kappa shape index (κ1) is 20.3. The van der Waals surface area contributed by atoms with E-state index in [0.717, 1.165) is 16.9 Å². The SMILES string of the molecule is COc1ccc(-c2nn(Cc3ccccc3)cc2C(=O)Nc2ccc(F)cc2C)cc1. The van der Waals surface area contributed by atoms with E-state index in [0.29, 0.717) is 29.1 Å². The van der Waals surface area contributed by atoms with Crippen molar-refractivity contribution in [2.75, 3.05) is 12.4 Å². The van der Waals surface area contributed by atoms with Crippen LogP contribution in [0, 0.1) is 12.7 Å². The van der Waals surface area contributed by atoms with E-state index < -0.39 is 0 Å². The molecule has 31 heavy (non-hydrogen) atoms.